The molecule has 8 heteroatoms. The van der Waals surface area contributed by atoms with Gasteiger partial charge in [-0.2, -0.15) is 0 Å². The van der Waals surface area contributed by atoms with Crippen molar-refractivity contribution in [2.75, 3.05) is 29.9 Å². The first-order valence-corrected chi connectivity index (χ1v) is 7.35. The number of nitrogens with two attached hydrogens (primary N) is 1. The summed E-state index contributed by atoms with van der Waals surface area (Å²) in [6, 6.07) is 4.43. The molecule has 0 aliphatic heterocycles. The molecule has 0 saturated carbocycles. The van der Waals surface area contributed by atoms with E-state index in [1.165, 1.54) is 12.1 Å². The predicted molar refractivity (Wildman–Crippen MR) is 73.8 cm³/mol. The first kappa shape index (κ1) is 15.3. The Balaban J connectivity index is 2.64. The first-order chi connectivity index (χ1) is 8.85. The molecule has 5 N–H and O–H groups in total. The first-order valence-electron chi connectivity index (χ1n) is 5.69. The van der Waals surface area contributed by atoms with Crippen molar-refractivity contribution in [3.8, 4) is 0 Å². The highest BCUT2D eigenvalue weighted by Crippen LogP contribution is 2.17. The van der Waals surface area contributed by atoms with Crippen molar-refractivity contribution in [1.82, 2.24) is 4.72 Å². The molecule has 1 aromatic rings. The molecule has 0 heterocycles. The van der Waals surface area contributed by atoms with Crippen LogP contribution in [-0.4, -0.2) is 38.3 Å². The van der Waals surface area contributed by atoms with Crippen LogP contribution in [-0.2, 0) is 10.0 Å². The number of anilines is 2. The zero-order chi connectivity index (χ0) is 14.5. The molecule has 0 atom stereocenters. The highest BCUT2D eigenvalue weighted by molar-refractivity contribution is 7.89. The summed E-state index contributed by atoms with van der Waals surface area (Å²) in [5.74, 6) is -1.21. The molecule has 106 valence electrons. The van der Waals surface area contributed by atoms with Crippen LogP contribution in [0.2, 0.25) is 0 Å². The maximum Gasteiger partial charge on any atom is 0.337 e. The summed E-state index contributed by atoms with van der Waals surface area (Å²) < 4.78 is 25.1. The number of nitrogens with one attached hydrogen (secondary N) is 2. The van der Waals surface area contributed by atoms with Crippen molar-refractivity contribution < 1.29 is 18.3 Å². The van der Waals surface area contributed by atoms with Crippen molar-refractivity contribution in [3.05, 3.63) is 23.8 Å². The fourth-order valence-corrected chi connectivity index (χ4v) is 2.43. The van der Waals surface area contributed by atoms with Gasteiger partial charge in [0.2, 0.25) is 10.0 Å². The van der Waals surface area contributed by atoms with E-state index in [4.69, 9.17) is 10.8 Å². The number of hydrogen-bond donors (Lipinski definition) is 4. The van der Waals surface area contributed by atoms with Crippen LogP contribution < -0.4 is 15.8 Å². The Kier molecular flexibility index (Phi) is 5.13. The second kappa shape index (κ2) is 6.39. The molecule has 0 amide bonds. The summed E-state index contributed by atoms with van der Waals surface area (Å²) in [6.07, 6.45) is 0. The summed E-state index contributed by atoms with van der Waals surface area (Å²) in [7, 11) is -3.29. The lowest BCUT2D eigenvalue weighted by molar-refractivity contribution is 0.0698. The van der Waals surface area contributed by atoms with E-state index in [9.17, 15) is 13.2 Å². The zero-order valence-corrected chi connectivity index (χ0v) is 11.3. The topological polar surface area (TPSA) is 122 Å². The lowest BCUT2D eigenvalue weighted by Gasteiger charge is -2.09. The summed E-state index contributed by atoms with van der Waals surface area (Å²) in [6.45, 7) is 2.22. The van der Waals surface area contributed by atoms with Crippen LogP contribution in [0.1, 0.15) is 17.3 Å². The number of carbonyl (C=O) groups is 1. The molecule has 0 radical (unpaired) electrons. The van der Waals surface area contributed by atoms with E-state index in [-0.39, 0.29) is 23.5 Å². The molecule has 7 nitrogen and oxygen atoms in total. The van der Waals surface area contributed by atoms with Gasteiger partial charge in [-0.15, -0.1) is 0 Å². The van der Waals surface area contributed by atoms with E-state index in [1.807, 2.05) is 0 Å². The Hall–Kier alpha value is -1.80. The molecule has 1 rings (SSSR count). The summed E-state index contributed by atoms with van der Waals surface area (Å²) in [4.78, 5) is 10.9. The maximum absolute atomic E-state index is 11.4. The second-order valence-electron chi connectivity index (χ2n) is 3.85. The standard InChI is InChI=1S/C11H17N3O4S/c1-2-14-19(17,18)6-5-13-8-3-4-10(12)9(7-8)11(15)16/h3-4,7,13-14H,2,5-6,12H2,1H3,(H,15,16). The third-order valence-electron chi connectivity index (χ3n) is 2.35. The van der Waals surface area contributed by atoms with Gasteiger partial charge in [-0.25, -0.2) is 17.9 Å². The Bertz CT molecular complexity index is 557. The summed E-state index contributed by atoms with van der Waals surface area (Å²) in [5.41, 5.74) is 6.18. The number of rotatable bonds is 7. The molecule has 0 bridgehead atoms. The van der Waals surface area contributed by atoms with Gasteiger partial charge in [0.25, 0.3) is 0 Å². The van der Waals surface area contributed by atoms with Gasteiger partial charge in [0.1, 0.15) is 0 Å². The van der Waals surface area contributed by atoms with Gasteiger partial charge in [-0.3, -0.25) is 0 Å². The van der Waals surface area contributed by atoms with Crippen LogP contribution in [0.3, 0.4) is 0 Å². The van der Waals surface area contributed by atoms with Crippen LogP contribution >= 0.6 is 0 Å². The third kappa shape index (κ3) is 4.76. The second-order valence-corrected chi connectivity index (χ2v) is 5.78. The third-order valence-corrected chi connectivity index (χ3v) is 3.82. The molecule has 0 unspecified atom stereocenters. The van der Waals surface area contributed by atoms with Crippen LogP contribution in [0, 0.1) is 0 Å². The van der Waals surface area contributed by atoms with Crippen molar-refractivity contribution in [1.29, 1.82) is 0 Å². The fraction of sp³-hybridized carbons (Fsp3) is 0.364. The van der Waals surface area contributed by atoms with Crippen molar-refractivity contribution in [2.45, 2.75) is 6.92 Å². The smallest absolute Gasteiger partial charge is 0.337 e. The van der Waals surface area contributed by atoms with E-state index in [2.05, 4.69) is 10.0 Å². The lowest BCUT2D eigenvalue weighted by atomic mass is 10.1. The van der Waals surface area contributed by atoms with Gasteiger partial charge in [-0.05, 0) is 18.2 Å². The van der Waals surface area contributed by atoms with Crippen molar-refractivity contribution in [3.63, 3.8) is 0 Å². The van der Waals surface area contributed by atoms with Gasteiger partial charge < -0.3 is 16.2 Å². The van der Waals surface area contributed by atoms with Crippen molar-refractivity contribution >= 4 is 27.4 Å². The number of benzene rings is 1. The number of carboxylic acid groups (broad SMARTS) is 1. The Morgan fingerprint density at radius 1 is 1.42 bits per heavy atom. The fourth-order valence-electron chi connectivity index (χ4n) is 1.47. The minimum atomic E-state index is -3.29. The zero-order valence-electron chi connectivity index (χ0n) is 10.5. The molecule has 1 aromatic carbocycles. The largest absolute Gasteiger partial charge is 0.478 e. The van der Waals surface area contributed by atoms with Gasteiger partial charge >= 0.3 is 5.97 Å². The van der Waals surface area contributed by atoms with E-state index < -0.39 is 16.0 Å². The minimum Gasteiger partial charge on any atom is -0.478 e. The molecule has 0 aliphatic carbocycles. The number of hydrogen-bond acceptors (Lipinski definition) is 5. The molecule has 0 saturated heterocycles. The molecule has 0 spiro atoms. The normalized spacial score (nSPS) is 11.2. The van der Waals surface area contributed by atoms with Gasteiger partial charge in [-0.1, -0.05) is 6.92 Å². The number of carboxylic acids is 1. The summed E-state index contributed by atoms with van der Waals surface area (Å²) >= 11 is 0. The highest BCUT2D eigenvalue weighted by atomic mass is 32.2. The average Bonchev–Trinajstić information content (AvgIpc) is 2.30. The van der Waals surface area contributed by atoms with Crippen LogP contribution in [0.4, 0.5) is 11.4 Å². The van der Waals surface area contributed by atoms with Crippen LogP contribution in [0.25, 0.3) is 0 Å². The number of nitrogen functional groups attached to an aromatic ring is 1. The number of aromatic carboxylic acids is 1. The maximum atomic E-state index is 11.4. The highest BCUT2D eigenvalue weighted by Gasteiger charge is 2.10. The Morgan fingerprint density at radius 3 is 2.68 bits per heavy atom. The quantitative estimate of drug-likeness (QED) is 0.536. The predicted octanol–water partition coefficient (Wildman–Crippen LogP) is 0.318. The Labute approximate surface area is 111 Å². The molecule has 0 fully saturated rings. The monoisotopic (exact) mass is 287 g/mol. The SMILES string of the molecule is CCNS(=O)(=O)CCNc1ccc(N)c(C(=O)O)c1. The van der Waals surface area contributed by atoms with Crippen LogP contribution in [0.15, 0.2) is 18.2 Å². The van der Waals surface area contributed by atoms with Gasteiger partial charge in [0, 0.05) is 24.5 Å². The van der Waals surface area contributed by atoms with E-state index in [0.717, 1.165) is 0 Å². The lowest BCUT2D eigenvalue weighted by Crippen LogP contribution is -2.29. The average molecular weight is 287 g/mol. The molecule has 19 heavy (non-hydrogen) atoms. The molecular formula is C11H17N3O4S. The molecular weight excluding hydrogens is 270 g/mol. The van der Waals surface area contributed by atoms with Gasteiger partial charge in [0.05, 0.1) is 11.3 Å². The minimum absolute atomic E-state index is 0.0143. The molecule has 0 aliphatic rings. The van der Waals surface area contributed by atoms with Crippen LogP contribution in [0.5, 0.6) is 0 Å². The summed E-state index contributed by atoms with van der Waals surface area (Å²) in [5, 5.41) is 11.7. The Morgan fingerprint density at radius 2 is 2.11 bits per heavy atom. The molecule has 0 aromatic heterocycles. The van der Waals surface area contributed by atoms with E-state index in [1.54, 1.807) is 13.0 Å². The number of sulfonamides is 1. The van der Waals surface area contributed by atoms with Crippen molar-refractivity contribution in [2.24, 2.45) is 0 Å². The van der Waals surface area contributed by atoms with Gasteiger partial charge in [0.15, 0.2) is 0 Å². The van der Waals surface area contributed by atoms with E-state index in [0.29, 0.717) is 12.2 Å². The van der Waals surface area contributed by atoms with E-state index >= 15 is 0 Å².